The lowest BCUT2D eigenvalue weighted by Crippen LogP contribution is -2.31. The minimum Gasteiger partial charge on any atom is -0.392 e. The minimum atomic E-state index is 0.0468. The van der Waals surface area contributed by atoms with Gasteiger partial charge in [-0.15, -0.1) is 0 Å². The number of nitrogens with zero attached hydrogens (tertiary/aromatic N) is 1. The molecule has 0 saturated carbocycles. The first-order valence-electron chi connectivity index (χ1n) is 4.72. The molecule has 0 atom stereocenters. The average Bonchev–Trinajstić information content (AvgIpc) is 2.23. The fourth-order valence-electron chi connectivity index (χ4n) is 1.91. The van der Waals surface area contributed by atoms with Crippen LogP contribution >= 0.6 is 0 Å². The number of aliphatic hydroxyl groups is 1. The van der Waals surface area contributed by atoms with Gasteiger partial charge in [0.15, 0.2) is 0 Å². The van der Waals surface area contributed by atoms with Gasteiger partial charge in [-0.3, -0.25) is 4.79 Å². The van der Waals surface area contributed by atoms with Gasteiger partial charge in [-0.1, -0.05) is 12.1 Å². The Kier molecular flexibility index (Phi) is 2.25. The van der Waals surface area contributed by atoms with Crippen LogP contribution < -0.4 is 4.90 Å². The first kappa shape index (κ1) is 9.21. The summed E-state index contributed by atoms with van der Waals surface area (Å²) in [5.74, 6) is 0.146. The predicted octanol–water partition coefficient (Wildman–Crippen LogP) is 1.09. The van der Waals surface area contributed by atoms with Gasteiger partial charge in [-0.2, -0.15) is 0 Å². The number of hydrogen-bond acceptors (Lipinski definition) is 2. The van der Waals surface area contributed by atoms with E-state index in [1.807, 2.05) is 18.2 Å². The molecule has 2 rings (SSSR count). The summed E-state index contributed by atoms with van der Waals surface area (Å²) in [6.45, 7) is 0.0468. The molecule has 1 amide bonds. The Bertz CT molecular complexity index is 374. The van der Waals surface area contributed by atoms with E-state index in [0.29, 0.717) is 6.42 Å². The smallest absolute Gasteiger partial charge is 0.227 e. The summed E-state index contributed by atoms with van der Waals surface area (Å²) < 4.78 is 0. The number of carbonyl (C=O) groups is 1. The van der Waals surface area contributed by atoms with E-state index in [1.165, 1.54) is 0 Å². The van der Waals surface area contributed by atoms with E-state index in [2.05, 4.69) is 0 Å². The van der Waals surface area contributed by atoms with Gasteiger partial charge < -0.3 is 10.0 Å². The highest BCUT2D eigenvalue weighted by molar-refractivity contribution is 5.96. The van der Waals surface area contributed by atoms with Gasteiger partial charge in [0.25, 0.3) is 0 Å². The first-order chi connectivity index (χ1) is 6.74. The maximum Gasteiger partial charge on any atom is 0.227 e. The van der Waals surface area contributed by atoms with Crippen molar-refractivity contribution in [3.8, 4) is 0 Å². The van der Waals surface area contributed by atoms with Crippen LogP contribution in [-0.2, 0) is 17.8 Å². The molecule has 0 saturated heterocycles. The van der Waals surface area contributed by atoms with Crippen molar-refractivity contribution in [2.24, 2.45) is 0 Å². The van der Waals surface area contributed by atoms with Gasteiger partial charge in [0, 0.05) is 19.2 Å². The lowest BCUT2D eigenvalue weighted by atomic mass is 9.97. The van der Waals surface area contributed by atoms with Gasteiger partial charge >= 0.3 is 0 Å². The Balaban J connectivity index is 2.52. The summed E-state index contributed by atoms with van der Waals surface area (Å²) in [5.41, 5.74) is 2.98. The molecular weight excluding hydrogens is 178 g/mol. The van der Waals surface area contributed by atoms with Crippen molar-refractivity contribution in [2.75, 3.05) is 11.9 Å². The number of hydrogen-bond donors (Lipinski definition) is 1. The van der Waals surface area contributed by atoms with Crippen LogP contribution in [0.15, 0.2) is 18.2 Å². The maximum atomic E-state index is 11.4. The molecule has 1 N–H and O–H groups in total. The van der Waals surface area contributed by atoms with Crippen LogP contribution in [0.1, 0.15) is 17.5 Å². The van der Waals surface area contributed by atoms with Gasteiger partial charge in [-0.25, -0.2) is 0 Å². The summed E-state index contributed by atoms with van der Waals surface area (Å²) in [4.78, 5) is 13.1. The molecule has 0 bridgehead atoms. The lowest BCUT2D eigenvalue weighted by molar-refractivity contribution is -0.118. The van der Waals surface area contributed by atoms with Gasteiger partial charge in [0.2, 0.25) is 5.91 Å². The monoisotopic (exact) mass is 191 g/mol. The third kappa shape index (κ3) is 1.30. The second-order valence-electron chi connectivity index (χ2n) is 3.53. The number of amides is 1. The molecule has 3 heteroatoms. The Morgan fingerprint density at radius 3 is 2.93 bits per heavy atom. The predicted molar refractivity (Wildman–Crippen MR) is 54.1 cm³/mol. The molecule has 1 heterocycles. The quantitative estimate of drug-likeness (QED) is 0.721. The second-order valence-corrected chi connectivity index (χ2v) is 3.53. The van der Waals surface area contributed by atoms with E-state index >= 15 is 0 Å². The molecule has 0 aliphatic carbocycles. The zero-order valence-corrected chi connectivity index (χ0v) is 8.16. The summed E-state index contributed by atoms with van der Waals surface area (Å²) in [6.07, 6.45) is 1.29. The van der Waals surface area contributed by atoms with Crippen molar-refractivity contribution in [1.29, 1.82) is 0 Å². The second kappa shape index (κ2) is 3.42. The molecule has 1 aromatic carbocycles. The molecule has 3 nitrogen and oxygen atoms in total. The van der Waals surface area contributed by atoms with E-state index in [4.69, 9.17) is 5.11 Å². The summed E-state index contributed by atoms with van der Waals surface area (Å²) >= 11 is 0. The zero-order valence-electron chi connectivity index (χ0n) is 8.16. The molecule has 1 aliphatic heterocycles. The highest BCUT2D eigenvalue weighted by Gasteiger charge is 2.21. The van der Waals surface area contributed by atoms with Crippen LogP contribution in [0.3, 0.4) is 0 Å². The van der Waals surface area contributed by atoms with Crippen LogP contribution in [0.5, 0.6) is 0 Å². The van der Waals surface area contributed by atoms with E-state index in [9.17, 15) is 4.79 Å². The first-order valence-corrected chi connectivity index (χ1v) is 4.72. The van der Waals surface area contributed by atoms with Crippen LogP contribution in [0.25, 0.3) is 0 Å². The third-order valence-corrected chi connectivity index (χ3v) is 2.74. The molecule has 74 valence electrons. The van der Waals surface area contributed by atoms with E-state index < -0.39 is 0 Å². The number of anilines is 1. The summed E-state index contributed by atoms with van der Waals surface area (Å²) in [5, 5.41) is 9.14. The van der Waals surface area contributed by atoms with E-state index in [-0.39, 0.29) is 12.5 Å². The average molecular weight is 191 g/mol. The van der Waals surface area contributed by atoms with E-state index in [1.54, 1.807) is 11.9 Å². The Morgan fingerprint density at radius 1 is 1.43 bits per heavy atom. The molecule has 0 unspecified atom stereocenters. The molecule has 0 fully saturated rings. The van der Waals surface area contributed by atoms with Crippen LogP contribution in [0.2, 0.25) is 0 Å². The van der Waals surface area contributed by atoms with Gasteiger partial charge in [0.05, 0.1) is 6.61 Å². The third-order valence-electron chi connectivity index (χ3n) is 2.74. The van der Waals surface area contributed by atoms with Gasteiger partial charge in [0.1, 0.15) is 0 Å². The van der Waals surface area contributed by atoms with Crippen molar-refractivity contribution in [2.45, 2.75) is 19.4 Å². The number of rotatable bonds is 1. The summed E-state index contributed by atoms with van der Waals surface area (Å²) in [7, 11) is 1.78. The van der Waals surface area contributed by atoms with Crippen molar-refractivity contribution in [1.82, 2.24) is 0 Å². The topological polar surface area (TPSA) is 40.5 Å². The Hall–Kier alpha value is -1.35. The van der Waals surface area contributed by atoms with E-state index in [0.717, 1.165) is 23.2 Å². The molecule has 1 aromatic rings. The molecular formula is C11H13NO2. The molecule has 0 spiro atoms. The fourth-order valence-corrected chi connectivity index (χ4v) is 1.91. The van der Waals surface area contributed by atoms with Gasteiger partial charge in [-0.05, 0) is 23.6 Å². The number of fused-ring (bicyclic) bond motifs is 1. The minimum absolute atomic E-state index is 0.0468. The standard InChI is InChI=1S/C11H13NO2/c1-12-10-4-2-3-8(7-13)9(10)5-6-11(12)14/h2-4,13H,5-7H2,1H3. The largest absolute Gasteiger partial charge is 0.392 e. The Morgan fingerprint density at radius 2 is 2.21 bits per heavy atom. The fraction of sp³-hybridized carbons (Fsp3) is 0.364. The van der Waals surface area contributed by atoms with Crippen LogP contribution in [0.4, 0.5) is 5.69 Å². The number of benzene rings is 1. The maximum absolute atomic E-state index is 11.4. The number of carbonyl (C=O) groups excluding carboxylic acids is 1. The highest BCUT2D eigenvalue weighted by atomic mass is 16.3. The Labute approximate surface area is 83.0 Å². The van der Waals surface area contributed by atoms with Crippen molar-refractivity contribution < 1.29 is 9.90 Å². The molecule has 14 heavy (non-hydrogen) atoms. The zero-order chi connectivity index (χ0) is 10.1. The SMILES string of the molecule is CN1C(=O)CCc2c(CO)cccc21. The van der Waals surface area contributed by atoms with Crippen molar-refractivity contribution >= 4 is 11.6 Å². The lowest BCUT2D eigenvalue weighted by Gasteiger charge is -2.27. The van der Waals surface area contributed by atoms with Crippen LogP contribution in [-0.4, -0.2) is 18.1 Å². The molecule has 1 aliphatic rings. The molecule has 0 aromatic heterocycles. The van der Waals surface area contributed by atoms with Crippen LogP contribution in [0, 0.1) is 0 Å². The highest BCUT2D eigenvalue weighted by Crippen LogP contribution is 2.29. The van der Waals surface area contributed by atoms with Crippen molar-refractivity contribution in [3.05, 3.63) is 29.3 Å². The normalized spacial score (nSPS) is 15.6. The number of aliphatic hydroxyl groups excluding tert-OH is 1. The summed E-state index contributed by atoms with van der Waals surface area (Å²) in [6, 6.07) is 5.70. The molecule has 0 radical (unpaired) electrons. The van der Waals surface area contributed by atoms with Crippen molar-refractivity contribution in [3.63, 3.8) is 0 Å².